The van der Waals surface area contributed by atoms with Gasteiger partial charge in [0.1, 0.15) is 10.1 Å². The highest BCUT2D eigenvalue weighted by Crippen LogP contribution is 2.28. The number of halogens is 1. The molecule has 1 aromatic rings. The van der Waals surface area contributed by atoms with Crippen molar-refractivity contribution < 1.29 is 14.7 Å². The van der Waals surface area contributed by atoms with Crippen molar-refractivity contribution in [1.82, 2.24) is 10.3 Å². The first kappa shape index (κ1) is 13.4. The Kier molecular flexibility index (Phi) is 3.91. The summed E-state index contributed by atoms with van der Waals surface area (Å²) in [5, 5.41) is 11.9. The number of aliphatic carboxylic acids is 1. The standard InChI is InChI=1S/C11H11BrN2O3S/c12-8-2-1-7(5-13-8)9(15)14-11(10(16)17)3-4-18-6-11/h1-2,5H,3-4,6H2,(H,14,15)(H,16,17). The highest BCUT2D eigenvalue weighted by molar-refractivity contribution is 9.10. The zero-order valence-corrected chi connectivity index (χ0v) is 11.8. The first-order chi connectivity index (χ1) is 8.53. The molecule has 1 saturated heterocycles. The Bertz CT molecular complexity index is 472. The first-order valence-electron chi connectivity index (χ1n) is 5.29. The lowest BCUT2D eigenvalue weighted by molar-refractivity contribution is -0.143. The molecule has 7 heteroatoms. The molecule has 2 N–H and O–H groups in total. The number of aromatic nitrogens is 1. The van der Waals surface area contributed by atoms with Crippen molar-refractivity contribution in [2.75, 3.05) is 11.5 Å². The lowest BCUT2D eigenvalue weighted by atomic mass is 9.99. The number of thioether (sulfide) groups is 1. The van der Waals surface area contributed by atoms with E-state index in [4.69, 9.17) is 0 Å². The van der Waals surface area contributed by atoms with Crippen molar-refractivity contribution in [3.8, 4) is 0 Å². The van der Waals surface area contributed by atoms with Crippen LogP contribution in [0, 0.1) is 0 Å². The highest BCUT2D eigenvalue weighted by atomic mass is 79.9. The molecule has 1 aliphatic rings. The summed E-state index contributed by atoms with van der Waals surface area (Å²) in [6.45, 7) is 0. The van der Waals surface area contributed by atoms with Gasteiger partial charge in [-0.05, 0) is 40.2 Å². The molecule has 1 unspecified atom stereocenters. The minimum absolute atomic E-state index is 0.357. The fourth-order valence-corrected chi connectivity index (χ4v) is 3.25. The van der Waals surface area contributed by atoms with Crippen molar-refractivity contribution in [1.29, 1.82) is 0 Å². The molecule has 2 rings (SSSR count). The zero-order chi connectivity index (χ0) is 13.2. The van der Waals surface area contributed by atoms with Crippen LogP contribution in [0.4, 0.5) is 0 Å². The van der Waals surface area contributed by atoms with E-state index >= 15 is 0 Å². The van der Waals surface area contributed by atoms with Crippen LogP contribution in [0.5, 0.6) is 0 Å². The van der Waals surface area contributed by atoms with Gasteiger partial charge in [0.05, 0.1) is 5.56 Å². The van der Waals surface area contributed by atoms with Crippen LogP contribution in [0.1, 0.15) is 16.8 Å². The van der Waals surface area contributed by atoms with Crippen LogP contribution >= 0.6 is 27.7 Å². The average Bonchev–Trinajstić information content (AvgIpc) is 2.79. The molecular weight excluding hydrogens is 320 g/mol. The number of carboxylic acids is 1. The molecule has 1 atom stereocenters. The molecule has 0 saturated carbocycles. The molecule has 1 aliphatic heterocycles. The average molecular weight is 331 g/mol. The summed E-state index contributed by atoms with van der Waals surface area (Å²) >= 11 is 4.71. The molecule has 0 radical (unpaired) electrons. The zero-order valence-electron chi connectivity index (χ0n) is 9.35. The number of hydrogen-bond acceptors (Lipinski definition) is 4. The van der Waals surface area contributed by atoms with Gasteiger partial charge in [-0.3, -0.25) is 4.79 Å². The number of hydrogen-bond donors (Lipinski definition) is 2. The van der Waals surface area contributed by atoms with E-state index in [0.29, 0.717) is 22.3 Å². The van der Waals surface area contributed by atoms with Gasteiger partial charge in [0.25, 0.3) is 5.91 Å². The number of rotatable bonds is 3. The molecule has 1 amide bonds. The predicted molar refractivity (Wildman–Crippen MR) is 71.7 cm³/mol. The van der Waals surface area contributed by atoms with Crippen LogP contribution in [0.25, 0.3) is 0 Å². The second-order valence-corrected chi connectivity index (χ2v) is 5.93. The fraction of sp³-hybridized carbons (Fsp3) is 0.364. The fourth-order valence-electron chi connectivity index (χ4n) is 1.69. The van der Waals surface area contributed by atoms with Crippen molar-refractivity contribution in [2.45, 2.75) is 12.0 Å². The molecule has 5 nitrogen and oxygen atoms in total. The highest BCUT2D eigenvalue weighted by Gasteiger charge is 2.43. The van der Waals surface area contributed by atoms with Crippen LogP contribution in [0.3, 0.4) is 0 Å². The van der Waals surface area contributed by atoms with Crippen molar-refractivity contribution >= 4 is 39.6 Å². The summed E-state index contributed by atoms with van der Waals surface area (Å²) in [6.07, 6.45) is 1.86. The maximum absolute atomic E-state index is 12.0. The van der Waals surface area contributed by atoms with Crippen LogP contribution < -0.4 is 5.32 Å². The van der Waals surface area contributed by atoms with E-state index in [1.807, 2.05) is 0 Å². The van der Waals surface area contributed by atoms with Gasteiger partial charge in [-0.15, -0.1) is 0 Å². The second kappa shape index (κ2) is 5.27. The molecule has 96 valence electrons. The number of nitrogens with zero attached hydrogens (tertiary/aromatic N) is 1. The second-order valence-electron chi connectivity index (χ2n) is 4.01. The van der Waals surface area contributed by atoms with Crippen LogP contribution in [-0.2, 0) is 4.79 Å². The molecule has 0 aliphatic carbocycles. The number of amides is 1. The summed E-state index contributed by atoms with van der Waals surface area (Å²) < 4.78 is 0.628. The third-order valence-electron chi connectivity index (χ3n) is 2.77. The molecule has 2 heterocycles. The Hall–Kier alpha value is -1.08. The van der Waals surface area contributed by atoms with Crippen molar-refractivity contribution in [3.05, 3.63) is 28.5 Å². The number of carbonyl (C=O) groups excluding carboxylic acids is 1. The normalized spacial score (nSPS) is 22.7. The smallest absolute Gasteiger partial charge is 0.330 e. The largest absolute Gasteiger partial charge is 0.479 e. The molecule has 1 aromatic heterocycles. The molecule has 0 spiro atoms. The minimum Gasteiger partial charge on any atom is -0.479 e. The Morgan fingerprint density at radius 2 is 2.28 bits per heavy atom. The number of pyridine rings is 1. The van der Waals surface area contributed by atoms with Gasteiger partial charge in [0, 0.05) is 11.9 Å². The molecular formula is C11H11BrN2O3S. The molecule has 0 aromatic carbocycles. The maximum atomic E-state index is 12.0. The van der Waals surface area contributed by atoms with E-state index in [2.05, 4.69) is 26.2 Å². The SMILES string of the molecule is O=C(NC1(C(=O)O)CCSC1)c1ccc(Br)nc1. The van der Waals surface area contributed by atoms with E-state index in [9.17, 15) is 14.7 Å². The summed E-state index contributed by atoms with van der Waals surface area (Å²) in [5.41, 5.74) is -0.787. The van der Waals surface area contributed by atoms with E-state index in [-0.39, 0.29) is 0 Å². The summed E-state index contributed by atoms with van der Waals surface area (Å²) in [7, 11) is 0. The Balaban J connectivity index is 2.15. The van der Waals surface area contributed by atoms with Gasteiger partial charge < -0.3 is 10.4 Å². The first-order valence-corrected chi connectivity index (χ1v) is 7.23. The molecule has 18 heavy (non-hydrogen) atoms. The van der Waals surface area contributed by atoms with Crippen LogP contribution in [0.2, 0.25) is 0 Å². The van der Waals surface area contributed by atoms with Crippen LogP contribution in [0.15, 0.2) is 22.9 Å². The summed E-state index contributed by atoms with van der Waals surface area (Å²) in [5.74, 6) is -0.241. The lowest BCUT2D eigenvalue weighted by Crippen LogP contribution is -2.54. The summed E-state index contributed by atoms with van der Waals surface area (Å²) in [6, 6.07) is 3.25. The van der Waals surface area contributed by atoms with Gasteiger partial charge in [0.15, 0.2) is 0 Å². The van der Waals surface area contributed by atoms with Crippen molar-refractivity contribution in [2.24, 2.45) is 0 Å². The Morgan fingerprint density at radius 3 is 2.78 bits per heavy atom. The Labute approximate surface area is 116 Å². The number of carbonyl (C=O) groups is 2. The van der Waals surface area contributed by atoms with Gasteiger partial charge in [-0.25, -0.2) is 9.78 Å². The van der Waals surface area contributed by atoms with Gasteiger partial charge in [-0.2, -0.15) is 11.8 Å². The number of carboxylic acid groups (broad SMARTS) is 1. The van der Waals surface area contributed by atoms with Crippen molar-refractivity contribution in [3.63, 3.8) is 0 Å². The third kappa shape index (κ3) is 2.67. The van der Waals surface area contributed by atoms with Crippen LogP contribution in [-0.4, -0.2) is 39.0 Å². The lowest BCUT2D eigenvalue weighted by Gasteiger charge is -2.24. The predicted octanol–water partition coefficient (Wildman–Crippen LogP) is 1.53. The minimum atomic E-state index is -1.14. The number of nitrogens with one attached hydrogen (secondary N) is 1. The monoisotopic (exact) mass is 330 g/mol. The topological polar surface area (TPSA) is 79.3 Å². The van der Waals surface area contributed by atoms with E-state index in [1.54, 1.807) is 12.1 Å². The Morgan fingerprint density at radius 1 is 1.50 bits per heavy atom. The van der Waals surface area contributed by atoms with Gasteiger partial charge in [0.2, 0.25) is 0 Å². The summed E-state index contributed by atoms with van der Waals surface area (Å²) in [4.78, 5) is 27.2. The van der Waals surface area contributed by atoms with E-state index < -0.39 is 17.4 Å². The molecule has 1 fully saturated rings. The van der Waals surface area contributed by atoms with Gasteiger partial charge in [-0.1, -0.05) is 0 Å². The quantitative estimate of drug-likeness (QED) is 0.822. The third-order valence-corrected chi connectivity index (χ3v) is 4.43. The molecule has 0 bridgehead atoms. The maximum Gasteiger partial charge on any atom is 0.330 e. The van der Waals surface area contributed by atoms with E-state index in [0.717, 1.165) is 5.75 Å². The van der Waals surface area contributed by atoms with E-state index in [1.165, 1.54) is 18.0 Å². The van der Waals surface area contributed by atoms with Gasteiger partial charge >= 0.3 is 5.97 Å².